The number of carbonyl (C=O) groups is 1. The molecule has 164 valence electrons. The van der Waals surface area contributed by atoms with Crippen molar-refractivity contribution in [2.45, 2.75) is 0 Å². The Morgan fingerprint density at radius 1 is 1.06 bits per heavy atom. The van der Waals surface area contributed by atoms with Crippen molar-refractivity contribution in [3.05, 3.63) is 77.0 Å². The number of benzene rings is 1. The number of rotatable bonds is 6. The number of hydrogen-bond donors (Lipinski definition) is 1. The van der Waals surface area contributed by atoms with Crippen LogP contribution in [0.1, 0.15) is 9.67 Å². The summed E-state index contributed by atoms with van der Waals surface area (Å²) in [5.41, 5.74) is 2.07. The van der Waals surface area contributed by atoms with Crippen molar-refractivity contribution in [3.8, 4) is 5.69 Å². The first-order chi connectivity index (χ1) is 15.7. The van der Waals surface area contributed by atoms with Crippen molar-refractivity contribution >= 4 is 44.7 Å². The van der Waals surface area contributed by atoms with Gasteiger partial charge in [-0.2, -0.15) is 0 Å². The summed E-state index contributed by atoms with van der Waals surface area (Å²) in [6.07, 6.45) is 5.69. The van der Waals surface area contributed by atoms with Crippen LogP contribution in [-0.2, 0) is 0 Å². The zero-order chi connectivity index (χ0) is 21.9. The molecule has 5 rings (SSSR count). The van der Waals surface area contributed by atoms with Gasteiger partial charge in [-0.25, -0.2) is 4.98 Å². The fraction of sp³-hybridized carbons (Fsp3) is 0.250. The van der Waals surface area contributed by atoms with Crippen molar-refractivity contribution in [1.29, 1.82) is 0 Å². The average molecular weight is 466 g/mol. The predicted molar refractivity (Wildman–Crippen MR) is 131 cm³/mol. The molecule has 8 heteroatoms. The van der Waals surface area contributed by atoms with Gasteiger partial charge in [-0.1, -0.05) is 17.7 Å². The maximum atomic E-state index is 13.1. The van der Waals surface area contributed by atoms with Gasteiger partial charge >= 0.3 is 0 Å². The molecular formula is C24H24ClN5OS. The Balaban J connectivity index is 1.19. The van der Waals surface area contributed by atoms with Gasteiger partial charge in [0.25, 0.3) is 5.91 Å². The van der Waals surface area contributed by atoms with Crippen LogP contribution in [0.5, 0.6) is 0 Å². The van der Waals surface area contributed by atoms with Gasteiger partial charge in [0.1, 0.15) is 9.71 Å². The summed E-state index contributed by atoms with van der Waals surface area (Å²) in [6, 6.07) is 15.9. The summed E-state index contributed by atoms with van der Waals surface area (Å²) in [5, 5.41) is 4.88. The predicted octanol–water partition coefficient (Wildman–Crippen LogP) is 4.29. The molecule has 1 aliphatic heterocycles. The van der Waals surface area contributed by atoms with Gasteiger partial charge in [0, 0.05) is 74.0 Å². The topological polar surface area (TPSA) is 53.4 Å². The van der Waals surface area contributed by atoms with E-state index in [4.69, 9.17) is 11.6 Å². The number of piperazine rings is 1. The molecule has 0 aliphatic carbocycles. The number of nitrogens with one attached hydrogen (secondary N) is 1. The van der Waals surface area contributed by atoms with Gasteiger partial charge in [-0.05, 0) is 42.5 Å². The molecule has 1 amide bonds. The SMILES string of the molecule is O=C(NCCN1CCN(c2cccc(Cl)c2)CC1)c1sc2ncccc2c1-n1cccc1. The minimum atomic E-state index is -0.0470. The zero-order valence-corrected chi connectivity index (χ0v) is 19.1. The van der Waals surface area contributed by atoms with Crippen LogP contribution >= 0.6 is 22.9 Å². The molecule has 3 aromatic heterocycles. The highest BCUT2D eigenvalue weighted by Gasteiger charge is 2.21. The number of aromatic nitrogens is 2. The molecule has 1 fully saturated rings. The van der Waals surface area contributed by atoms with Gasteiger partial charge in [0.2, 0.25) is 0 Å². The number of amides is 1. The summed E-state index contributed by atoms with van der Waals surface area (Å²) in [7, 11) is 0. The van der Waals surface area contributed by atoms with Crippen molar-refractivity contribution in [2.24, 2.45) is 0 Å². The number of halogens is 1. The normalized spacial score (nSPS) is 14.7. The van der Waals surface area contributed by atoms with E-state index in [1.165, 1.54) is 17.0 Å². The lowest BCUT2D eigenvalue weighted by atomic mass is 10.2. The minimum Gasteiger partial charge on any atom is -0.369 e. The number of carbonyl (C=O) groups excluding carboxylic acids is 1. The van der Waals surface area contributed by atoms with Crippen molar-refractivity contribution in [2.75, 3.05) is 44.2 Å². The lowest BCUT2D eigenvalue weighted by Gasteiger charge is -2.36. The molecule has 0 unspecified atom stereocenters. The smallest absolute Gasteiger partial charge is 0.263 e. The van der Waals surface area contributed by atoms with Crippen LogP contribution in [0.25, 0.3) is 15.9 Å². The number of anilines is 1. The monoisotopic (exact) mass is 465 g/mol. The molecule has 4 heterocycles. The molecular weight excluding hydrogens is 442 g/mol. The van der Waals surface area contributed by atoms with Gasteiger partial charge in [-0.15, -0.1) is 11.3 Å². The lowest BCUT2D eigenvalue weighted by molar-refractivity contribution is 0.0952. The Labute approximate surface area is 196 Å². The first-order valence-corrected chi connectivity index (χ1v) is 11.9. The fourth-order valence-corrected chi connectivity index (χ4v) is 5.37. The van der Waals surface area contributed by atoms with Gasteiger partial charge in [0.05, 0.1) is 5.69 Å². The van der Waals surface area contributed by atoms with Crippen molar-refractivity contribution < 1.29 is 4.79 Å². The van der Waals surface area contributed by atoms with Gasteiger partial charge in [0.15, 0.2) is 0 Å². The molecule has 1 aromatic carbocycles. The van der Waals surface area contributed by atoms with Gasteiger partial charge in [-0.3, -0.25) is 9.69 Å². The molecule has 0 saturated carbocycles. The van der Waals surface area contributed by atoms with Crippen LogP contribution in [0.15, 0.2) is 67.1 Å². The molecule has 4 aromatic rings. The van der Waals surface area contributed by atoms with Crippen LogP contribution in [-0.4, -0.2) is 59.6 Å². The van der Waals surface area contributed by atoms with E-state index >= 15 is 0 Å². The molecule has 0 atom stereocenters. The van der Waals surface area contributed by atoms with E-state index < -0.39 is 0 Å². The third-order valence-electron chi connectivity index (χ3n) is 5.77. The Bertz CT molecular complexity index is 1210. The van der Waals surface area contributed by atoms with E-state index in [1.54, 1.807) is 6.20 Å². The van der Waals surface area contributed by atoms with Gasteiger partial charge < -0.3 is 14.8 Å². The Morgan fingerprint density at radius 3 is 2.66 bits per heavy atom. The van der Waals surface area contributed by atoms with Crippen molar-refractivity contribution in [3.63, 3.8) is 0 Å². The summed E-state index contributed by atoms with van der Waals surface area (Å²) in [5.74, 6) is -0.0470. The van der Waals surface area contributed by atoms with Crippen LogP contribution < -0.4 is 10.2 Å². The molecule has 32 heavy (non-hydrogen) atoms. The van der Waals surface area contributed by atoms with E-state index in [9.17, 15) is 4.79 Å². The first-order valence-electron chi connectivity index (χ1n) is 10.7. The molecule has 1 N–H and O–H groups in total. The summed E-state index contributed by atoms with van der Waals surface area (Å²) < 4.78 is 1.99. The van der Waals surface area contributed by atoms with E-state index in [-0.39, 0.29) is 5.91 Å². The highest BCUT2D eigenvalue weighted by molar-refractivity contribution is 7.21. The summed E-state index contributed by atoms with van der Waals surface area (Å²) in [4.78, 5) is 23.8. The Kier molecular flexibility index (Phi) is 6.12. The largest absolute Gasteiger partial charge is 0.369 e. The number of nitrogens with zero attached hydrogens (tertiary/aromatic N) is 4. The molecule has 1 aliphatic rings. The van der Waals surface area contributed by atoms with E-state index in [0.29, 0.717) is 11.4 Å². The van der Waals surface area contributed by atoms with Crippen LogP contribution in [0, 0.1) is 0 Å². The second-order valence-corrected chi connectivity index (χ2v) is 9.23. The number of pyridine rings is 1. The highest BCUT2D eigenvalue weighted by Crippen LogP contribution is 2.33. The second-order valence-electron chi connectivity index (χ2n) is 7.79. The van der Waals surface area contributed by atoms with E-state index in [0.717, 1.165) is 53.7 Å². The second kappa shape index (κ2) is 9.32. The highest BCUT2D eigenvalue weighted by atomic mass is 35.5. The van der Waals surface area contributed by atoms with Crippen LogP contribution in [0.4, 0.5) is 5.69 Å². The van der Waals surface area contributed by atoms with E-state index in [2.05, 4.69) is 26.2 Å². The number of thiophene rings is 1. The Hall–Kier alpha value is -2.87. The fourth-order valence-electron chi connectivity index (χ4n) is 4.12. The maximum Gasteiger partial charge on any atom is 0.263 e. The third kappa shape index (κ3) is 4.37. The molecule has 0 bridgehead atoms. The number of hydrogen-bond acceptors (Lipinski definition) is 5. The molecule has 0 spiro atoms. The lowest BCUT2D eigenvalue weighted by Crippen LogP contribution is -2.48. The molecule has 0 radical (unpaired) electrons. The quantitative estimate of drug-likeness (QED) is 0.461. The molecule has 1 saturated heterocycles. The van der Waals surface area contributed by atoms with Crippen LogP contribution in [0.2, 0.25) is 5.02 Å². The van der Waals surface area contributed by atoms with Crippen LogP contribution in [0.3, 0.4) is 0 Å². The number of fused-ring (bicyclic) bond motifs is 1. The summed E-state index contributed by atoms with van der Waals surface area (Å²) >= 11 is 7.57. The maximum absolute atomic E-state index is 13.1. The third-order valence-corrected chi connectivity index (χ3v) is 7.10. The standard InChI is InChI=1S/C24H24ClN5OS/c25-18-5-3-6-19(17-18)29-15-13-28(14-16-29)12-9-26-23(31)22-21(30-10-1-2-11-30)20-7-4-8-27-24(20)32-22/h1-8,10-11,17H,9,12-16H2,(H,26,31). The molecule has 6 nitrogen and oxygen atoms in total. The summed E-state index contributed by atoms with van der Waals surface area (Å²) in [6.45, 7) is 5.27. The zero-order valence-electron chi connectivity index (χ0n) is 17.6. The average Bonchev–Trinajstić information content (AvgIpc) is 3.47. The van der Waals surface area contributed by atoms with Crippen molar-refractivity contribution in [1.82, 2.24) is 19.8 Å². The first kappa shape index (κ1) is 21.0. The minimum absolute atomic E-state index is 0.0470. The Morgan fingerprint density at radius 2 is 1.88 bits per heavy atom. The van der Waals surface area contributed by atoms with E-state index in [1.807, 2.05) is 59.4 Å².